The van der Waals surface area contributed by atoms with Gasteiger partial charge in [-0.2, -0.15) is 0 Å². The Morgan fingerprint density at radius 2 is 2.11 bits per heavy atom. The molecule has 1 aliphatic heterocycles. The van der Waals surface area contributed by atoms with Crippen LogP contribution in [0.1, 0.15) is 25.3 Å². The van der Waals surface area contributed by atoms with E-state index in [0.717, 1.165) is 42.9 Å². The molecule has 0 aromatic heterocycles. The topological polar surface area (TPSA) is 41.1 Å². The maximum Gasteiger partial charge on any atom is 0.223 e. The first kappa shape index (κ1) is 14.4. The Morgan fingerprint density at radius 3 is 2.79 bits per heavy atom. The van der Waals surface area contributed by atoms with Crippen LogP contribution in [0.4, 0.5) is 0 Å². The van der Waals surface area contributed by atoms with Crippen molar-refractivity contribution in [1.29, 1.82) is 0 Å². The molecule has 2 N–H and O–H groups in total. The summed E-state index contributed by atoms with van der Waals surface area (Å²) in [5.74, 6) is 0.344. The number of piperidine rings is 1. The summed E-state index contributed by atoms with van der Waals surface area (Å²) in [6, 6.07) is 7.91. The summed E-state index contributed by atoms with van der Waals surface area (Å²) < 4.78 is 0. The van der Waals surface area contributed by atoms with E-state index in [9.17, 15) is 4.79 Å². The van der Waals surface area contributed by atoms with Crippen molar-refractivity contribution >= 4 is 17.5 Å². The van der Waals surface area contributed by atoms with Crippen LogP contribution in [0.15, 0.2) is 24.3 Å². The van der Waals surface area contributed by atoms with E-state index in [1.165, 1.54) is 0 Å². The Labute approximate surface area is 119 Å². The van der Waals surface area contributed by atoms with Crippen molar-refractivity contribution in [2.24, 2.45) is 5.92 Å². The summed E-state index contributed by atoms with van der Waals surface area (Å²) in [5, 5.41) is 7.14. The van der Waals surface area contributed by atoms with Gasteiger partial charge in [0.2, 0.25) is 5.91 Å². The molecule has 0 bridgehead atoms. The molecule has 3 nitrogen and oxygen atoms in total. The largest absolute Gasteiger partial charge is 0.353 e. The predicted octanol–water partition coefficient (Wildman–Crippen LogP) is 2.39. The fourth-order valence-electron chi connectivity index (χ4n) is 2.49. The molecule has 0 saturated carbocycles. The molecule has 104 valence electrons. The summed E-state index contributed by atoms with van der Waals surface area (Å²) in [4.78, 5) is 12.1. The van der Waals surface area contributed by atoms with Gasteiger partial charge in [0, 0.05) is 17.0 Å². The minimum atomic E-state index is 0.113. The average molecular weight is 281 g/mol. The maximum atomic E-state index is 12.1. The van der Waals surface area contributed by atoms with E-state index in [-0.39, 0.29) is 17.9 Å². The SMILES string of the molecule is CC(Cc1ccccc1Cl)NC(=O)C1CCNCC1. The van der Waals surface area contributed by atoms with Crippen molar-refractivity contribution < 1.29 is 4.79 Å². The van der Waals surface area contributed by atoms with Crippen molar-refractivity contribution in [3.05, 3.63) is 34.9 Å². The van der Waals surface area contributed by atoms with E-state index < -0.39 is 0 Å². The van der Waals surface area contributed by atoms with Gasteiger partial charge in [-0.15, -0.1) is 0 Å². The Hall–Kier alpha value is -1.06. The zero-order valence-corrected chi connectivity index (χ0v) is 12.0. The van der Waals surface area contributed by atoms with Crippen molar-refractivity contribution in [2.45, 2.75) is 32.2 Å². The molecule has 2 rings (SSSR count). The van der Waals surface area contributed by atoms with Crippen LogP contribution in [0.3, 0.4) is 0 Å². The smallest absolute Gasteiger partial charge is 0.223 e. The van der Waals surface area contributed by atoms with Gasteiger partial charge in [0.15, 0.2) is 0 Å². The van der Waals surface area contributed by atoms with Gasteiger partial charge in [0.25, 0.3) is 0 Å². The molecule has 1 aliphatic rings. The summed E-state index contributed by atoms with van der Waals surface area (Å²) >= 11 is 6.13. The molecule has 1 atom stereocenters. The fraction of sp³-hybridized carbons (Fsp3) is 0.533. The van der Waals surface area contributed by atoms with Crippen molar-refractivity contribution in [3.8, 4) is 0 Å². The van der Waals surface area contributed by atoms with Crippen LogP contribution in [0.5, 0.6) is 0 Å². The lowest BCUT2D eigenvalue weighted by Crippen LogP contribution is -2.42. The quantitative estimate of drug-likeness (QED) is 0.889. The highest BCUT2D eigenvalue weighted by molar-refractivity contribution is 6.31. The van der Waals surface area contributed by atoms with E-state index >= 15 is 0 Å². The van der Waals surface area contributed by atoms with Gasteiger partial charge in [0.05, 0.1) is 0 Å². The molecule has 1 fully saturated rings. The van der Waals surface area contributed by atoms with E-state index in [0.29, 0.717) is 0 Å². The zero-order chi connectivity index (χ0) is 13.7. The number of nitrogens with one attached hydrogen (secondary N) is 2. The lowest BCUT2D eigenvalue weighted by atomic mass is 9.96. The second-order valence-corrected chi connectivity index (χ2v) is 5.64. The monoisotopic (exact) mass is 280 g/mol. The number of carbonyl (C=O) groups excluding carboxylic acids is 1. The predicted molar refractivity (Wildman–Crippen MR) is 78.4 cm³/mol. The van der Waals surface area contributed by atoms with Crippen LogP contribution in [-0.4, -0.2) is 25.0 Å². The van der Waals surface area contributed by atoms with E-state index in [1.54, 1.807) is 0 Å². The minimum absolute atomic E-state index is 0.113. The summed E-state index contributed by atoms with van der Waals surface area (Å²) in [6.45, 7) is 3.91. The highest BCUT2D eigenvalue weighted by Gasteiger charge is 2.22. The number of hydrogen-bond donors (Lipinski definition) is 2. The highest BCUT2D eigenvalue weighted by Crippen LogP contribution is 2.17. The molecule has 1 unspecified atom stereocenters. The zero-order valence-electron chi connectivity index (χ0n) is 11.3. The molecular weight excluding hydrogens is 260 g/mol. The van der Waals surface area contributed by atoms with E-state index in [4.69, 9.17) is 11.6 Å². The van der Waals surface area contributed by atoms with Crippen LogP contribution < -0.4 is 10.6 Å². The molecule has 1 aromatic rings. The molecule has 1 saturated heterocycles. The van der Waals surface area contributed by atoms with Gasteiger partial charge in [0.1, 0.15) is 0 Å². The van der Waals surface area contributed by atoms with Crippen LogP contribution >= 0.6 is 11.6 Å². The Bertz CT molecular complexity index is 430. The Balaban J connectivity index is 1.85. The standard InChI is InChI=1S/C15H21ClN2O/c1-11(10-13-4-2-3-5-14(13)16)18-15(19)12-6-8-17-9-7-12/h2-5,11-12,17H,6-10H2,1H3,(H,18,19). The number of halogens is 1. The fourth-order valence-corrected chi connectivity index (χ4v) is 2.70. The van der Waals surface area contributed by atoms with Crippen molar-refractivity contribution in [2.75, 3.05) is 13.1 Å². The molecule has 19 heavy (non-hydrogen) atoms. The van der Waals surface area contributed by atoms with Crippen LogP contribution in [-0.2, 0) is 11.2 Å². The van der Waals surface area contributed by atoms with Crippen molar-refractivity contribution in [1.82, 2.24) is 10.6 Å². The molecule has 4 heteroatoms. The number of carbonyl (C=O) groups is 1. The molecule has 1 amide bonds. The van der Waals surface area contributed by atoms with Crippen LogP contribution in [0.2, 0.25) is 5.02 Å². The summed E-state index contributed by atoms with van der Waals surface area (Å²) in [5.41, 5.74) is 1.09. The molecule has 1 heterocycles. The van der Waals surface area contributed by atoms with Gasteiger partial charge in [-0.3, -0.25) is 4.79 Å². The average Bonchev–Trinajstić information content (AvgIpc) is 2.42. The summed E-state index contributed by atoms with van der Waals surface area (Å²) in [6.07, 6.45) is 2.64. The number of hydrogen-bond acceptors (Lipinski definition) is 2. The van der Waals surface area contributed by atoms with Gasteiger partial charge < -0.3 is 10.6 Å². The Kier molecular flexibility index (Phi) is 5.23. The van der Waals surface area contributed by atoms with E-state index in [2.05, 4.69) is 10.6 Å². The number of benzene rings is 1. The lowest BCUT2D eigenvalue weighted by molar-refractivity contribution is -0.126. The highest BCUT2D eigenvalue weighted by atomic mass is 35.5. The first-order chi connectivity index (χ1) is 9.16. The lowest BCUT2D eigenvalue weighted by Gasteiger charge is -2.24. The van der Waals surface area contributed by atoms with Gasteiger partial charge in [-0.25, -0.2) is 0 Å². The molecule has 0 aliphatic carbocycles. The normalized spacial score (nSPS) is 18.0. The van der Waals surface area contributed by atoms with Gasteiger partial charge in [-0.05, 0) is 50.9 Å². The van der Waals surface area contributed by atoms with Crippen LogP contribution in [0.25, 0.3) is 0 Å². The minimum Gasteiger partial charge on any atom is -0.353 e. The summed E-state index contributed by atoms with van der Waals surface area (Å²) in [7, 11) is 0. The van der Waals surface area contributed by atoms with E-state index in [1.807, 2.05) is 31.2 Å². The molecular formula is C15H21ClN2O. The number of rotatable bonds is 4. The Morgan fingerprint density at radius 1 is 1.42 bits per heavy atom. The maximum absolute atomic E-state index is 12.1. The molecule has 1 aromatic carbocycles. The second kappa shape index (κ2) is 6.92. The number of amides is 1. The third kappa shape index (κ3) is 4.22. The van der Waals surface area contributed by atoms with Gasteiger partial charge in [-0.1, -0.05) is 29.8 Å². The molecule has 0 radical (unpaired) electrons. The van der Waals surface area contributed by atoms with Crippen LogP contribution in [0, 0.1) is 5.92 Å². The van der Waals surface area contributed by atoms with Gasteiger partial charge >= 0.3 is 0 Å². The molecule has 0 spiro atoms. The first-order valence-corrected chi connectivity index (χ1v) is 7.29. The van der Waals surface area contributed by atoms with Crippen molar-refractivity contribution in [3.63, 3.8) is 0 Å². The first-order valence-electron chi connectivity index (χ1n) is 6.91. The third-order valence-electron chi connectivity index (χ3n) is 3.58. The second-order valence-electron chi connectivity index (χ2n) is 5.23. The third-order valence-corrected chi connectivity index (χ3v) is 3.95.